The first-order chi connectivity index (χ1) is 13.7. The van der Waals surface area contributed by atoms with E-state index < -0.39 is 0 Å². The van der Waals surface area contributed by atoms with Gasteiger partial charge in [0.2, 0.25) is 0 Å². The molecule has 0 fully saturated rings. The number of methoxy groups -OCH3 is 2. The first-order valence-electron chi connectivity index (χ1n) is 8.65. The number of hydrogen-bond donors (Lipinski definition) is 0. The van der Waals surface area contributed by atoms with Crippen molar-refractivity contribution in [3.05, 3.63) is 53.0 Å². The van der Waals surface area contributed by atoms with E-state index in [9.17, 15) is 0 Å². The van der Waals surface area contributed by atoms with Crippen LogP contribution in [0.25, 0.3) is 10.6 Å². The number of aromatic nitrogens is 1. The van der Waals surface area contributed by atoms with Gasteiger partial charge in [-0.1, -0.05) is 6.07 Å². The minimum absolute atomic E-state index is 0.286. The van der Waals surface area contributed by atoms with E-state index in [0.29, 0.717) is 35.2 Å². The highest BCUT2D eigenvalue weighted by Gasteiger charge is 2.15. The summed E-state index contributed by atoms with van der Waals surface area (Å²) < 4.78 is 22.3. The van der Waals surface area contributed by atoms with Gasteiger partial charge in [-0.15, -0.1) is 11.3 Å². The molecule has 0 aliphatic heterocycles. The summed E-state index contributed by atoms with van der Waals surface area (Å²) in [6, 6.07) is 12.9. The van der Waals surface area contributed by atoms with Crippen LogP contribution in [-0.4, -0.2) is 25.8 Å². The fourth-order valence-corrected chi connectivity index (χ4v) is 3.50. The first kappa shape index (κ1) is 19.5. The van der Waals surface area contributed by atoms with Crippen LogP contribution >= 0.6 is 11.3 Å². The summed E-state index contributed by atoms with van der Waals surface area (Å²) in [4.78, 5) is 4.65. The van der Waals surface area contributed by atoms with Gasteiger partial charge >= 0.3 is 0 Å². The fraction of sp³-hybridized carbons (Fsp3) is 0.238. The lowest BCUT2D eigenvalue weighted by Crippen LogP contribution is -2.00. The molecule has 0 radical (unpaired) electrons. The molecule has 1 heterocycles. The van der Waals surface area contributed by atoms with E-state index >= 15 is 0 Å². The molecule has 28 heavy (non-hydrogen) atoms. The molecular formula is C21H20N2O4S. The van der Waals surface area contributed by atoms with Crippen LogP contribution in [0.3, 0.4) is 0 Å². The molecule has 0 saturated heterocycles. The minimum atomic E-state index is 0.286. The van der Waals surface area contributed by atoms with Crippen molar-refractivity contribution in [2.45, 2.75) is 13.5 Å². The van der Waals surface area contributed by atoms with Crippen molar-refractivity contribution >= 4 is 11.3 Å². The van der Waals surface area contributed by atoms with E-state index in [-0.39, 0.29) is 6.61 Å². The molecule has 144 valence electrons. The highest BCUT2D eigenvalue weighted by molar-refractivity contribution is 7.13. The van der Waals surface area contributed by atoms with Crippen LogP contribution < -0.4 is 18.9 Å². The van der Waals surface area contributed by atoms with Gasteiger partial charge in [-0.25, -0.2) is 4.98 Å². The lowest BCUT2D eigenvalue weighted by Gasteiger charge is -2.11. The monoisotopic (exact) mass is 396 g/mol. The van der Waals surface area contributed by atoms with Gasteiger partial charge in [0, 0.05) is 11.4 Å². The van der Waals surface area contributed by atoms with Crippen LogP contribution in [-0.2, 0) is 6.61 Å². The number of para-hydroxylation sites is 1. The summed E-state index contributed by atoms with van der Waals surface area (Å²) in [7, 11) is 3.22. The highest BCUT2D eigenvalue weighted by atomic mass is 32.1. The summed E-state index contributed by atoms with van der Waals surface area (Å²) in [6.07, 6.45) is 0. The van der Waals surface area contributed by atoms with Gasteiger partial charge < -0.3 is 18.9 Å². The lowest BCUT2D eigenvalue weighted by molar-refractivity contribution is 0.267. The second kappa shape index (κ2) is 9.11. The summed E-state index contributed by atoms with van der Waals surface area (Å²) in [6.45, 7) is 2.66. The fourth-order valence-electron chi connectivity index (χ4n) is 2.67. The Labute approximate surface area is 167 Å². The molecule has 6 nitrogen and oxygen atoms in total. The first-order valence-corrected chi connectivity index (χ1v) is 9.53. The number of nitriles is 1. The maximum absolute atomic E-state index is 9.05. The molecule has 0 atom stereocenters. The summed E-state index contributed by atoms with van der Waals surface area (Å²) in [5.74, 6) is 2.44. The number of hydrogen-bond acceptors (Lipinski definition) is 7. The van der Waals surface area contributed by atoms with Crippen molar-refractivity contribution in [1.29, 1.82) is 5.26 Å². The second-order valence-electron chi connectivity index (χ2n) is 5.68. The van der Waals surface area contributed by atoms with E-state index in [2.05, 4.69) is 11.1 Å². The van der Waals surface area contributed by atoms with Gasteiger partial charge in [0.05, 0.1) is 43.7 Å². The van der Waals surface area contributed by atoms with E-state index in [4.69, 9.17) is 24.2 Å². The Bertz CT molecular complexity index is 994. The summed E-state index contributed by atoms with van der Waals surface area (Å²) >= 11 is 1.51. The molecule has 0 aliphatic carbocycles. The van der Waals surface area contributed by atoms with Crippen molar-refractivity contribution in [1.82, 2.24) is 4.98 Å². The lowest BCUT2D eigenvalue weighted by atomic mass is 10.2. The topological polar surface area (TPSA) is 73.6 Å². The third-order valence-electron chi connectivity index (χ3n) is 3.93. The third-order valence-corrected chi connectivity index (χ3v) is 4.86. The Balaban J connectivity index is 1.79. The number of benzene rings is 2. The van der Waals surface area contributed by atoms with Crippen LogP contribution in [0.5, 0.6) is 23.0 Å². The zero-order valence-electron chi connectivity index (χ0n) is 15.9. The Kier molecular flexibility index (Phi) is 6.35. The quantitative estimate of drug-likeness (QED) is 0.551. The number of thiazole rings is 1. The predicted octanol–water partition coefficient (Wildman–Crippen LogP) is 4.68. The standard InChI is InChI=1S/C21H20N2O4S/c1-4-26-19-10-14(11-22)8-9-17(19)27-12-15-13-28-21(23-15)16-6-5-7-18(24-2)20(16)25-3/h5-10,13H,4,12H2,1-3H3. The van der Waals surface area contributed by atoms with Crippen molar-refractivity contribution in [3.8, 4) is 39.6 Å². The Morgan fingerprint density at radius 1 is 1.04 bits per heavy atom. The molecule has 0 saturated carbocycles. The van der Waals surface area contributed by atoms with Gasteiger partial charge in [0.25, 0.3) is 0 Å². The SMILES string of the molecule is CCOc1cc(C#N)ccc1OCc1csc(-c2cccc(OC)c2OC)n1. The zero-order chi connectivity index (χ0) is 19.9. The predicted molar refractivity (Wildman–Crippen MR) is 107 cm³/mol. The minimum Gasteiger partial charge on any atom is -0.493 e. The Morgan fingerprint density at radius 3 is 2.61 bits per heavy atom. The van der Waals surface area contributed by atoms with Crippen molar-refractivity contribution in [2.24, 2.45) is 0 Å². The van der Waals surface area contributed by atoms with Crippen LogP contribution in [0.2, 0.25) is 0 Å². The van der Waals surface area contributed by atoms with Gasteiger partial charge in [-0.05, 0) is 31.2 Å². The Hall–Kier alpha value is -3.24. The van der Waals surface area contributed by atoms with Gasteiger partial charge in [0.15, 0.2) is 23.0 Å². The van der Waals surface area contributed by atoms with Gasteiger partial charge in [-0.3, -0.25) is 0 Å². The van der Waals surface area contributed by atoms with Crippen molar-refractivity contribution in [2.75, 3.05) is 20.8 Å². The van der Waals surface area contributed by atoms with Gasteiger partial charge in [0.1, 0.15) is 11.6 Å². The molecule has 0 spiro atoms. The van der Waals surface area contributed by atoms with E-state index in [1.54, 1.807) is 32.4 Å². The van der Waals surface area contributed by atoms with Crippen molar-refractivity contribution < 1.29 is 18.9 Å². The Morgan fingerprint density at radius 2 is 1.89 bits per heavy atom. The summed E-state index contributed by atoms with van der Waals surface area (Å²) in [5, 5.41) is 11.8. The van der Waals surface area contributed by atoms with E-state index in [1.807, 2.05) is 30.5 Å². The molecule has 1 aromatic heterocycles. The van der Waals surface area contributed by atoms with Gasteiger partial charge in [-0.2, -0.15) is 5.26 Å². The highest BCUT2D eigenvalue weighted by Crippen LogP contribution is 2.39. The molecular weight excluding hydrogens is 376 g/mol. The molecule has 3 aromatic rings. The normalized spacial score (nSPS) is 10.2. The number of rotatable bonds is 8. The van der Waals surface area contributed by atoms with Crippen molar-refractivity contribution in [3.63, 3.8) is 0 Å². The van der Waals surface area contributed by atoms with E-state index in [1.165, 1.54) is 11.3 Å². The molecule has 0 aliphatic rings. The summed E-state index contributed by atoms with van der Waals surface area (Å²) in [5.41, 5.74) is 2.18. The maximum Gasteiger partial charge on any atom is 0.170 e. The number of nitrogens with zero attached hydrogens (tertiary/aromatic N) is 2. The van der Waals surface area contributed by atoms with E-state index in [0.717, 1.165) is 16.3 Å². The molecule has 0 amide bonds. The molecule has 0 unspecified atom stereocenters. The molecule has 0 N–H and O–H groups in total. The largest absolute Gasteiger partial charge is 0.493 e. The third kappa shape index (κ3) is 4.18. The zero-order valence-corrected chi connectivity index (χ0v) is 16.7. The smallest absolute Gasteiger partial charge is 0.170 e. The van der Waals surface area contributed by atoms with Crippen LogP contribution in [0, 0.1) is 11.3 Å². The molecule has 7 heteroatoms. The average Bonchev–Trinajstić information content (AvgIpc) is 3.21. The van der Waals surface area contributed by atoms with Crippen LogP contribution in [0.1, 0.15) is 18.2 Å². The average molecular weight is 396 g/mol. The molecule has 3 rings (SSSR count). The molecule has 2 aromatic carbocycles. The maximum atomic E-state index is 9.05. The van der Waals surface area contributed by atoms with Crippen LogP contribution in [0.4, 0.5) is 0 Å². The number of ether oxygens (including phenoxy) is 4. The molecule has 0 bridgehead atoms. The van der Waals surface area contributed by atoms with Crippen LogP contribution in [0.15, 0.2) is 41.8 Å². The second-order valence-corrected chi connectivity index (χ2v) is 6.54.